The van der Waals surface area contributed by atoms with Crippen molar-refractivity contribution in [3.05, 3.63) is 35.9 Å². The molecule has 3 heteroatoms. The zero-order valence-corrected chi connectivity index (χ0v) is 10.7. The van der Waals surface area contributed by atoms with Crippen molar-refractivity contribution < 1.29 is 9.53 Å². The van der Waals surface area contributed by atoms with Gasteiger partial charge in [-0.15, -0.1) is 0 Å². The molecular weight excluding hydrogens is 232 g/mol. The van der Waals surface area contributed by atoms with Gasteiger partial charge in [-0.1, -0.05) is 30.3 Å². The maximum atomic E-state index is 11.8. The SMILES string of the molecule is O=C(OC1CCCC1)C(S)Cc1ccccc1. The molecule has 1 saturated carbocycles. The largest absolute Gasteiger partial charge is 0.462 e. The molecule has 0 aromatic heterocycles. The lowest BCUT2D eigenvalue weighted by molar-refractivity contribution is -0.147. The molecule has 0 radical (unpaired) electrons. The molecule has 0 N–H and O–H groups in total. The van der Waals surface area contributed by atoms with Crippen molar-refractivity contribution >= 4 is 18.6 Å². The predicted molar refractivity (Wildman–Crippen MR) is 71.3 cm³/mol. The average Bonchev–Trinajstić information content (AvgIpc) is 2.83. The summed E-state index contributed by atoms with van der Waals surface area (Å²) in [6.45, 7) is 0. The second kappa shape index (κ2) is 6.10. The normalized spacial score (nSPS) is 17.9. The van der Waals surface area contributed by atoms with Gasteiger partial charge in [0.2, 0.25) is 0 Å². The van der Waals surface area contributed by atoms with Crippen LogP contribution in [0.2, 0.25) is 0 Å². The molecule has 17 heavy (non-hydrogen) atoms. The maximum Gasteiger partial charge on any atom is 0.319 e. The van der Waals surface area contributed by atoms with Gasteiger partial charge in [0.05, 0.1) is 0 Å². The summed E-state index contributed by atoms with van der Waals surface area (Å²) in [5.41, 5.74) is 1.12. The Labute approximate surface area is 108 Å². The van der Waals surface area contributed by atoms with Crippen LogP contribution >= 0.6 is 12.6 Å². The Morgan fingerprint density at radius 3 is 2.59 bits per heavy atom. The van der Waals surface area contributed by atoms with Crippen molar-refractivity contribution in [3.63, 3.8) is 0 Å². The molecule has 2 nitrogen and oxygen atoms in total. The van der Waals surface area contributed by atoms with Gasteiger partial charge >= 0.3 is 5.97 Å². The monoisotopic (exact) mass is 250 g/mol. The van der Waals surface area contributed by atoms with E-state index in [1.165, 1.54) is 12.8 Å². The van der Waals surface area contributed by atoms with Gasteiger partial charge in [0.25, 0.3) is 0 Å². The molecule has 1 unspecified atom stereocenters. The summed E-state index contributed by atoms with van der Waals surface area (Å²) in [7, 11) is 0. The van der Waals surface area contributed by atoms with Crippen molar-refractivity contribution in [1.29, 1.82) is 0 Å². The van der Waals surface area contributed by atoms with Crippen LogP contribution < -0.4 is 0 Å². The first-order valence-corrected chi connectivity index (χ1v) is 6.70. The molecule has 2 rings (SSSR count). The van der Waals surface area contributed by atoms with Gasteiger partial charge in [-0.05, 0) is 37.7 Å². The van der Waals surface area contributed by atoms with Crippen LogP contribution in [0.15, 0.2) is 30.3 Å². The number of benzene rings is 1. The topological polar surface area (TPSA) is 26.3 Å². The Bertz CT molecular complexity index is 358. The van der Waals surface area contributed by atoms with E-state index in [9.17, 15) is 4.79 Å². The molecule has 0 bridgehead atoms. The second-order valence-corrected chi connectivity index (χ2v) is 5.17. The third kappa shape index (κ3) is 3.77. The minimum atomic E-state index is -0.349. The van der Waals surface area contributed by atoms with E-state index in [0.29, 0.717) is 6.42 Å². The molecule has 0 aliphatic heterocycles. The first kappa shape index (κ1) is 12.5. The van der Waals surface area contributed by atoms with Gasteiger partial charge in [-0.25, -0.2) is 0 Å². The van der Waals surface area contributed by atoms with E-state index in [4.69, 9.17) is 4.74 Å². The molecule has 1 aliphatic carbocycles. The van der Waals surface area contributed by atoms with E-state index in [-0.39, 0.29) is 17.3 Å². The lowest BCUT2D eigenvalue weighted by Crippen LogP contribution is -2.24. The van der Waals surface area contributed by atoms with Crippen LogP contribution in [0.3, 0.4) is 0 Å². The van der Waals surface area contributed by atoms with E-state index in [0.717, 1.165) is 18.4 Å². The van der Waals surface area contributed by atoms with Crippen LogP contribution in [0.4, 0.5) is 0 Å². The van der Waals surface area contributed by atoms with Gasteiger partial charge in [-0.2, -0.15) is 12.6 Å². The van der Waals surface area contributed by atoms with Crippen molar-refractivity contribution in [3.8, 4) is 0 Å². The van der Waals surface area contributed by atoms with Crippen LogP contribution in [0.1, 0.15) is 31.2 Å². The number of carbonyl (C=O) groups is 1. The smallest absolute Gasteiger partial charge is 0.319 e. The molecule has 1 atom stereocenters. The molecular formula is C14H18O2S. The zero-order chi connectivity index (χ0) is 12.1. The molecule has 1 fully saturated rings. The highest BCUT2D eigenvalue weighted by atomic mass is 32.1. The van der Waals surface area contributed by atoms with Crippen molar-refractivity contribution in [1.82, 2.24) is 0 Å². The number of esters is 1. The maximum absolute atomic E-state index is 11.8. The van der Waals surface area contributed by atoms with Crippen molar-refractivity contribution in [2.45, 2.75) is 43.5 Å². The van der Waals surface area contributed by atoms with Crippen LogP contribution in [0.5, 0.6) is 0 Å². The fourth-order valence-corrected chi connectivity index (χ4v) is 2.44. The fourth-order valence-electron chi connectivity index (χ4n) is 2.17. The molecule has 1 aromatic rings. The Kier molecular flexibility index (Phi) is 4.49. The van der Waals surface area contributed by atoms with Crippen LogP contribution in [0, 0.1) is 0 Å². The van der Waals surface area contributed by atoms with Gasteiger partial charge in [0, 0.05) is 0 Å². The summed E-state index contributed by atoms with van der Waals surface area (Å²) in [4.78, 5) is 11.8. The summed E-state index contributed by atoms with van der Waals surface area (Å²) in [6.07, 6.45) is 5.14. The Balaban J connectivity index is 1.82. The average molecular weight is 250 g/mol. The lowest BCUT2D eigenvalue weighted by atomic mass is 10.1. The van der Waals surface area contributed by atoms with Gasteiger partial charge in [0.15, 0.2) is 0 Å². The highest BCUT2D eigenvalue weighted by Crippen LogP contribution is 2.22. The highest BCUT2D eigenvalue weighted by Gasteiger charge is 2.23. The molecule has 0 spiro atoms. The molecule has 0 saturated heterocycles. The number of thiol groups is 1. The standard InChI is InChI=1S/C14H18O2S/c15-14(16-12-8-4-5-9-12)13(17)10-11-6-2-1-3-7-11/h1-3,6-7,12-13,17H,4-5,8-10H2. The number of ether oxygens (including phenoxy) is 1. The van der Waals surface area contributed by atoms with E-state index < -0.39 is 0 Å². The predicted octanol–water partition coefficient (Wildman–Crippen LogP) is 3.01. The molecule has 0 heterocycles. The number of rotatable bonds is 4. The van der Waals surface area contributed by atoms with Gasteiger partial charge in [0.1, 0.15) is 11.4 Å². The molecule has 92 valence electrons. The van der Waals surface area contributed by atoms with Crippen molar-refractivity contribution in [2.24, 2.45) is 0 Å². The third-order valence-corrected chi connectivity index (χ3v) is 3.52. The summed E-state index contributed by atoms with van der Waals surface area (Å²) in [5.74, 6) is -0.177. The molecule has 1 aromatic carbocycles. The number of hydrogen-bond acceptors (Lipinski definition) is 3. The van der Waals surface area contributed by atoms with Crippen molar-refractivity contribution in [2.75, 3.05) is 0 Å². The van der Waals surface area contributed by atoms with Crippen LogP contribution in [-0.2, 0) is 16.0 Å². The molecule has 1 aliphatic rings. The summed E-state index contributed by atoms with van der Waals surface area (Å²) in [5, 5.41) is -0.349. The Morgan fingerprint density at radius 1 is 1.29 bits per heavy atom. The quantitative estimate of drug-likeness (QED) is 0.656. The third-order valence-electron chi connectivity index (χ3n) is 3.13. The minimum Gasteiger partial charge on any atom is -0.462 e. The minimum absolute atomic E-state index is 0.132. The van der Waals surface area contributed by atoms with E-state index in [1.54, 1.807) is 0 Å². The zero-order valence-electron chi connectivity index (χ0n) is 9.84. The number of hydrogen-bond donors (Lipinski definition) is 1. The number of carbonyl (C=O) groups excluding carboxylic acids is 1. The highest BCUT2D eigenvalue weighted by molar-refractivity contribution is 7.81. The van der Waals surface area contributed by atoms with Crippen LogP contribution in [0.25, 0.3) is 0 Å². The first-order chi connectivity index (χ1) is 8.25. The summed E-state index contributed by atoms with van der Waals surface area (Å²) in [6, 6.07) is 9.92. The Morgan fingerprint density at radius 2 is 1.94 bits per heavy atom. The van der Waals surface area contributed by atoms with Crippen LogP contribution in [-0.4, -0.2) is 17.3 Å². The van der Waals surface area contributed by atoms with E-state index in [2.05, 4.69) is 12.6 Å². The van der Waals surface area contributed by atoms with Gasteiger partial charge < -0.3 is 4.74 Å². The van der Waals surface area contributed by atoms with E-state index in [1.807, 2.05) is 30.3 Å². The van der Waals surface area contributed by atoms with Gasteiger partial charge in [-0.3, -0.25) is 4.79 Å². The lowest BCUT2D eigenvalue weighted by Gasteiger charge is -2.15. The van der Waals surface area contributed by atoms with E-state index >= 15 is 0 Å². The summed E-state index contributed by atoms with van der Waals surface area (Å²) < 4.78 is 5.43. The molecule has 0 amide bonds. The second-order valence-electron chi connectivity index (χ2n) is 4.55. The fraction of sp³-hybridized carbons (Fsp3) is 0.500. The Hall–Kier alpha value is -0.960. The summed E-state index contributed by atoms with van der Waals surface area (Å²) >= 11 is 4.33. The first-order valence-electron chi connectivity index (χ1n) is 6.18.